The highest BCUT2D eigenvalue weighted by Crippen LogP contribution is 2.18. The van der Waals surface area contributed by atoms with Crippen LogP contribution < -0.4 is 10.6 Å². The summed E-state index contributed by atoms with van der Waals surface area (Å²) in [5, 5.41) is 6.74. The summed E-state index contributed by atoms with van der Waals surface area (Å²) in [6.07, 6.45) is 0. The third-order valence-electron chi connectivity index (χ3n) is 3.12. The van der Waals surface area contributed by atoms with Crippen molar-refractivity contribution in [3.63, 3.8) is 0 Å². The summed E-state index contributed by atoms with van der Waals surface area (Å²) >= 11 is 0. The van der Waals surface area contributed by atoms with Crippen LogP contribution in [0.3, 0.4) is 0 Å². The monoisotopic (exact) mass is 254 g/mol. The highest BCUT2D eigenvalue weighted by Gasteiger charge is 1.97. The maximum absolute atomic E-state index is 3.43. The molecule has 0 bridgehead atoms. The molecule has 2 N–H and O–H groups in total. The molecule has 0 radical (unpaired) electrons. The number of rotatable bonds is 7. The first kappa shape index (κ1) is 13.8. The predicted molar refractivity (Wildman–Crippen MR) is 82.1 cm³/mol. The van der Waals surface area contributed by atoms with Gasteiger partial charge in [0.2, 0.25) is 0 Å². The lowest BCUT2D eigenvalue weighted by molar-refractivity contribution is 0.625. The molecular weight excluding hydrogens is 232 g/mol. The molecule has 2 rings (SSSR count). The molecule has 100 valence electrons. The van der Waals surface area contributed by atoms with Crippen molar-refractivity contribution >= 4 is 0 Å². The Hall–Kier alpha value is -1.64. The molecule has 0 atom stereocenters. The first-order valence-corrected chi connectivity index (χ1v) is 6.96. The van der Waals surface area contributed by atoms with E-state index < -0.39 is 0 Å². The normalized spacial score (nSPS) is 10.6. The summed E-state index contributed by atoms with van der Waals surface area (Å²) in [5.41, 5.74) is 3.88. The van der Waals surface area contributed by atoms with Gasteiger partial charge in [0, 0.05) is 19.6 Å². The number of benzene rings is 2. The molecule has 0 unspecified atom stereocenters. The van der Waals surface area contributed by atoms with Crippen molar-refractivity contribution in [2.24, 2.45) is 0 Å². The average molecular weight is 254 g/mol. The van der Waals surface area contributed by atoms with Gasteiger partial charge >= 0.3 is 0 Å². The van der Waals surface area contributed by atoms with E-state index in [1.807, 2.05) is 6.07 Å². The van der Waals surface area contributed by atoms with E-state index in [-0.39, 0.29) is 0 Å². The summed E-state index contributed by atoms with van der Waals surface area (Å²) in [6, 6.07) is 19.3. The van der Waals surface area contributed by atoms with E-state index in [1.165, 1.54) is 16.7 Å². The highest BCUT2D eigenvalue weighted by atomic mass is 14.9. The lowest BCUT2D eigenvalue weighted by Gasteiger charge is -2.07. The number of hydrogen-bond acceptors (Lipinski definition) is 2. The summed E-state index contributed by atoms with van der Waals surface area (Å²) < 4.78 is 0. The van der Waals surface area contributed by atoms with Gasteiger partial charge in [0.1, 0.15) is 0 Å². The number of nitrogens with one attached hydrogen (secondary N) is 2. The molecule has 0 saturated carbocycles. The van der Waals surface area contributed by atoms with Gasteiger partial charge in [0.25, 0.3) is 0 Å². The van der Waals surface area contributed by atoms with Gasteiger partial charge in [0.15, 0.2) is 0 Å². The molecule has 2 heteroatoms. The fourth-order valence-corrected chi connectivity index (χ4v) is 2.03. The third kappa shape index (κ3) is 4.51. The van der Waals surface area contributed by atoms with Crippen LogP contribution in [0, 0.1) is 0 Å². The summed E-state index contributed by atoms with van der Waals surface area (Å²) in [4.78, 5) is 0. The van der Waals surface area contributed by atoms with Crippen molar-refractivity contribution in [3.8, 4) is 11.1 Å². The van der Waals surface area contributed by atoms with E-state index in [9.17, 15) is 0 Å². The van der Waals surface area contributed by atoms with Crippen LogP contribution in [0.1, 0.15) is 12.5 Å². The van der Waals surface area contributed by atoms with Crippen LogP contribution in [0.5, 0.6) is 0 Å². The van der Waals surface area contributed by atoms with Crippen LogP contribution >= 0.6 is 0 Å². The number of likely N-dealkylation sites (N-methyl/N-ethyl adjacent to an activating group) is 1. The Morgan fingerprint density at radius 2 is 1.37 bits per heavy atom. The zero-order chi connectivity index (χ0) is 13.3. The predicted octanol–water partition coefficient (Wildman–Crippen LogP) is 3.05. The minimum absolute atomic E-state index is 0.931. The average Bonchev–Trinajstić information content (AvgIpc) is 2.49. The smallest absolute Gasteiger partial charge is 0.0206 e. The van der Waals surface area contributed by atoms with Gasteiger partial charge in [-0.25, -0.2) is 0 Å². The molecule has 0 heterocycles. The van der Waals surface area contributed by atoms with Crippen LogP contribution in [0.15, 0.2) is 54.6 Å². The number of hydrogen-bond donors (Lipinski definition) is 2. The van der Waals surface area contributed by atoms with E-state index in [4.69, 9.17) is 0 Å². The summed E-state index contributed by atoms with van der Waals surface area (Å²) in [7, 11) is 0. The topological polar surface area (TPSA) is 24.1 Å². The van der Waals surface area contributed by atoms with Crippen LogP contribution in [0.25, 0.3) is 11.1 Å². The fraction of sp³-hybridized carbons (Fsp3) is 0.294. The minimum Gasteiger partial charge on any atom is -0.316 e. The van der Waals surface area contributed by atoms with Crippen LogP contribution in [0.2, 0.25) is 0 Å². The molecule has 2 aromatic carbocycles. The van der Waals surface area contributed by atoms with Crippen molar-refractivity contribution in [1.82, 2.24) is 10.6 Å². The quantitative estimate of drug-likeness (QED) is 0.742. The van der Waals surface area contributed by atoms with Crippen molar-refractivity contribution in [3.05, 3.63) is 60.2 Å². The molecular formula is C17H22N2. The molecule has 0 aromatic heterocycles. The Bertz CT molecular complexity index is 462. The molecule has 0 aliphatic carbocycles. The Labute approximate surface area is 115 Å². The second kappa shape index (κ2) is 7.72. The van der Waals surface area contributed by atoms with Gasteiger partial charge in [-0.15, -0.1) is 0 Å². The maximum Gasteiger partial charge on any atom is 0.0206 e. The molecule has 0 aliphatic rings. The summed E-state index contributed by atoms with van der Waals surface area (Å²) in [5.74, 6) is 0. The molecule has 0 amide bonds. The van der Waals surface area contributed by atoms with E-state index in [2.05, 4.69) is 66.1 Å². The highest BCUT2D eigenvalue weighted by molar-refractivity contribution is 5.63. The Morgan fingerprint density at radius 3 is 2.05 bits per heavy atom. The van der Waals surface area contributed by atoms with E-state index in [0.29, 0.717) is 0 Å². The van der Waals surface area contributed by atoms with Crippen molar-refractivity contribution < 1.29 is 0 Å². The standard InChI is InChI=1S/C17H22N2/c1-2-18-12-13-19-14-15-8-10-17(11-9-15)16-6-4-3-5-7-16/h3-11,18-19H,2,12-14H2,1H3. The third-order valence-corrected chi connectivity index (χ3v) is 3.12. The lowest BCUT2D eigenvalue weighted by Crippen LogP contribution is -2.26. The van der Waals surface area contributed by atoms with Crippen LogP contribution in [-0.2, 0) is 6.54 Å². The minimum atomic E-state index is 0.931. The van der Waals surface area contributed by atoms with Gasteiger partial charge in [-0.05, 0) is 23.2 Å². The Balaban J connectivity index is 1.85. The first-order valence-electron chi connectivity index (χ1n) is 6.96. The van der Waals surface area contributed by atoms with Gasteiger partial charge in [-0.2, -0.15) is 0 Å². The van der Waals surface area contributed by atoms with Crippen molar-refractivity contribution in [2.45, 2.75) is 13.5 Å². The lowest BCUT2D eigenvalue weighted by atomic mass is 10.0. The summed E-state index contributed by atoms with van der Waals surface area (Å²) in [6.45, 7) is 6.13. The molecule has 0 fully saturated rings. The van der Waals surface area contributed by atoms with Crippen LogP contribution in [-0.4, -0.2) is 19.6 Å². The largest absolute Gasteiger partial charge is 0.316 e. The van der Waals surface area contributed by atoms with Gasteiger partial charge in [-0.1, -0.05) is 61.5 Å². The Kier molecular flexibility index (Phi) is 5.60. The maximum atomic E-state index is 3.43. The molecule has 2 aromatic rings. The zero-order valence-corrected chi connectivity index (χ0v) is 11.5. The zero-order valence-electron chi connectivity index (χ0n) is 11.5. The fourth-order valence-electron chi connectivity index (χ4n) is 2.03. The Morgan fingerprint density at radius 1 is 0.737 bits per heavy atom. The first-order chi connectivity index (χ1) is 9.40. The van der Waals surface area contributed by atoms with Crippen molar-refractivity contribution in [1.29, 1.82) is 0 Å². The van der Waals surface area contributed by atoms with Gasteiger partial charge < -0.3 is 10.6 Å². The molecule has 0 aliphatic heterocycles. The molecule has 0 saturated heterocycles. The molecule has 19 heavy (non-hydrogen) atoms. The van der Waals surface area contributed by atoms with E-state index in [0.717, 1.165) is 26.2 Å². The van der Waals surface area contributed by atoms with Crippen molar-refractivity contribution in [2.75, 3.05) is 19.6 Å². The second-order valence-corrected chi connectivity index (χ2v) is 4.59. The van der Waals surface area contributed by atoms with Crippen LogP contribution in [0.4, 0.5) is 0 Å². The van der Waals surface area contributed by atoms with Gasteiger partial charge in [0.05, 0.1) is 0 Å². The van der Waals surface area contributed by atoms with E-state index in [1.54, 1.807) is 0 Å². The second-order valence-electron chi connectivity index (χ2n) is 4.59. The SMILES string of the molecule is CCNCCNCc1ccc(-c2ccccc2)cc1. The van der Waals surface area contributed by atoms with Gasteiger partial charge in [-0.3, -0.25) is 0 Å². The van der Waals surface area contributed by atoms with E-state index >= 15 is 0 Å². The molecule has 2 nitrogen and oxygen atoms in total. The molecule has 0 spiro atoms.